The number of nitrogens with zero attached hydrogens (tertiary/aromatic N) is 3. The Balaban J connectivity index is 1.78. The first kappa shape index (κ1) is 15.6. The molecular formula is C20H18N4OS. The highest BCUT2D eigenvalue weighted by molar-refractivity contribution is 7.99. The summed E-state index contributed by atoms with van der Waals surface area (Å²) in [5.41, 5.74) is 2.58. The Labute approximate surface area is 155 Å². The molecule has 1 aromatic heterocycles. The summed E-state index contributed by atoms with van der Waals surface area (Å²) in [7, 11) is 0. The minimum absolute atomic E-state index is 0.278. The van der Waals surface area contributed by atoms with Gasteiger partial charge in [-0.25, -0.2) is 4.68 Å². The van der Waals surface area contributed by atoms with Crippen LogP contribution in [0.5, 0.6) is 0 Å². The van der Waals surface area contributed by atoms with Gasteiger partial charge < -0.3 is 5.32 Å². The van der Waals surface area contributed by atoms with Gasteiger partial charge in [-0.15, -0.1) is 0 Å². The molecule has 2 aliphatic rings. The summed E-state index contributed by atoms with van der Waals surface area (Å²) < 4.78 is 1.97. The molecule has 0 saturated carbocycles. The highest BCUT2D eigenvalue weighted by Crippen LogP contribution is 2.42. The van der Waals surface area contributed by atoms with Gasteiger partial charge in [-0.3, -0.25) is 4.79 Å². The second-order valence-corrected chi connectivity index (χ2v) is 7.91. The third kappa shape index (κ3) is 2.36. The zero-order chi connectivity index (χ0) is 17.6. The summed E-state index contributed by atoms with van der Waals surface area (Å²) >= 11 is 1.96. The van der Waals surface area contributed by atoms with Gasteiger partial charge in [-0.1, -0.05) is 42.5 Å². The van der Waals surface area contributed by atoms with Gasteiger partial charge in [0.1, 0.15) is 5.66 Å². The van der Waals surface area contributed by atoms with Crippen LogP contribution in [-0.2, 0) is 5.66 Å². The normalized spacial score (nSPS) is 17.2. The highest BCUT2D eigenvalue weighted by Gasteiger charge is 2.41. The van der Waals surface area contributed by atoms with Gasteiger partial charge in [0.15, 0.2) is 11.5 Å². The van der Waals surface area contributed by atoms with Crippen molar-refractivity contribution in [3.05, 3.63) is 65.0 Å². The molecule has 1 saturated heterocycles. The molecule has 1 N–H and O–H groups in total. The number of anilines is 1. The van der Waals surface area contributed by atoms with Crippen LogP contribution >= 0.6 is 11.8 Å². The number of rotatable bonds is 1. The number of aromatic nitrogens is 3. The quantitative estimate of drug-likeness (QED) is 0.717. The SMILES string of the molecule is O=c1nc2n(nc1-c1ccccc1)C1(CCSCC1)Nc1ccccc1-2. The lowest BCUT2D eigenvalue weighted by atomic mass is 9.97. The van der Waals surface area contributed by atoms with E-state index >= 15 is 0 Å². The summed E-state index contributed by atoms with van der Waals surface area (Å²) in [6, 6.07) is 17.6. The average molecular weight is 362 g/mol. The summed E-state index contributed by atoms with van der Waals surface area (Å²) in [6.45, 7) is 0. The van der Waals surface area contributed by atoms with Crippen LogP contribution in [0.25, 0.3) is 22.6 Å². The molecule has 3 heterocycles. The fraction of sp³-hybridized carbons (Fsp3) is 0.250. The summed E-state index contributed by atoms with van der Waals surface area (Å²) in [4.78, 5) is 17.2. The minimum Gasteiger partial charge on any atom is -0.361 e. The number of benzene rings is 2. The smallest absolute Gasteiger partial charge is 0.300 e. The van der Waals surface area contributed by atoms with Gasteiger partial charge in [0.05, 0.1) is 0 Å². The number of fused-ring (bicyclic) bond motifs is 4. The zero-order valence-electron chi connectivity index (χ0n) is 14.2. The Morgan fingerprint density at radius 3 is 2.54 bits per heavy atom. The van der Waals surface area contributed by atoms with E-state index in [9.17, 15) is 4.79 Å². The van der Waals surface area contributed by atoms with Gasteiger partial charge in [-0.2, -0.15) is 21.8 Å². The van der Waals surface area contributed by atoms with Crippen molar-refractivity contribution in [1.29, 1.82) is 0 Å². The summed E-state index contributed by atoms with van der Waals surface area (Å²) in [6.07, 6.45) is 1.90. The van der Waals surface area contributed by atoms with Crippen molar-refractivity contribution < 1.29 is 0 Å². The van der Waals surface area contributed by atoms with Crippen LogP contribution in [0, 0.1) is 0 Å². The lowest BCUT2D eigenvalue weighted by molar-refractivity contribution is 0.269. The minimum atomic E-state index is -0.320. The van der Waals surface area contributed by atoms with Crippen molar-refractivity contribution in [3.8, 4) is 22.6 Å². The van der Waals surface area contributed by atoms with Crippen molar-refractivity contribution in [2.45, 2.75) is 18.5 Å². The van der Waals surface area contributed by atoms with Crippen molar-refractivity contribution in [3.63, 3.8) is 0 Å². The van der Waals surface area contributed by atoms with E-state index in [1.807, 2.05) is 65.0 Å². The van der Waals surface area contributed by atoms with Crippen LogP contribution in [0.2, 0.25) is 0 Å². The maximum Gasteiger partial charge on any atom is 0.300 e. The Bertz CT molecular complexity index is 1030. The standard InChI is InChI=1S/C20H18N4OS/c25-19-17(14-6-2-1-3-7-14)23-24-18(21-19)15-8-4-5-9-16(15)22-20(24)10-12-26-13-11-20/h1-9,22H,10-13H2. The van der Waals surface area contributed by atoms with E-state index in [1.165, 1.54) is 0 Å². The lowest BCUT2D eigenvalue weighted by Gasteiger charge is -2.43. The van der Waals surface area contributed by atoms with E-state index in [0.29, 0.717) is 11.5 Å². The molecule has 2 aromatic carbocycles. The van der Waals surface area contributed by atoms with Crippen molar-refractivity contribution >= 4 is 17.4 Å². The van der Waals surface area contributed by atoms with Gasteiger partial charge >= 0.3 is 0 Å². The maximum absolute atomic E-state index is 12.8. The van der Waals surface area contributed by atoms with Crippen molar-refractivity contribution in [1.82, 2.24) is 14.8 Å². The van der Waals surface area contributed by atoms with Gasteiger partial charge in [-0.05, 0) is 23.6 Å². The summed E-state index contributed by atoms with van der Waals surface area (Å²) in [5, 5.41) is 8.54. The third-order valence-electron chi connectivity index (χ3n) is 5.12. The van der Waals surface area contributed by atoms with E-state index in [4.69, 9.17) is 5.10 Å². The molecule has 26 heavy (non-hydrogen) atoms. The molecule has 1 fully saturated rings. The van der Waals surface area contributed by atoms with Gasteiger partial charge in [0.2, 0.25) is 0 Å². The molecule has 2 aliphatic heterocycles. The molecule has 0 bridgehead atoms. The maximum atomic E-state index is 12.8. The molecule has 0 aliphatic carbocycles. The number of nitrogens with one attached hydrogen (secondary N) is 1. The van der Waals surface area contributed by atoms with E-state index < -0.39 is 0 Å². The first-order valence-corrected chi connectivity index (χ1v) is 9.95. The molecule has 3 aromatic rings. The number of hydrogen-bond acceptors (Lipinski definition) is 5. The Kier molecular flexibility index (Phi) is 3.60. The van der Waals surface area contributed by atoms with E-state index in [2.05, 4.69) is 16.4 Å². The first-order valence-electron chi connectivity index (χ1n) is 8.79. The van der Waals surface area contributed by atoms with Gasteiger partial charge in [0, 0.05) is 29.7 Å². The molecule has 0 radical (unpaired) electrons. The van der Waals surface area contributed by atoms with Crippen LogP contribution in [0.15, 0.2) is 59.4 Å². The second-order valence-electron chi connectivity index (χ2n) is 6.68. The van der Waals surface area contributed by atoms with Crippen LogP contribution in [-0.4, -0.2) is 26.3 Å². The van der Waals surface area contributed by atoms with Gasteiger partial charge in [0.25, 0.3) is 5.56 Å². The molecule has 6 heteroatoms. The van der Waals surface area contributed by atoms with E-state index in [0.717, 1.165) is 41.2 Å². The fourth-order valence-corrected chi connectivity index (χ4v) is 4.94. The Morgan fingerprint density at radius 2 is 1.73 bits per heavy atom. The van der Waals surface area contributed by atoms with Crippen LogP contribution in [0.3, 0.4) is 0 Å². The van der Waals surface area contributed by atoms with Crippen molar-refractivity contribution in [2.24, 2.45) is 0 Å². The number of para-hydroxylation sites is 1. The molecule has 5 nitrogen and oxygen atoms in total. The largest absolute Gasteiger partial charge is 0.361 e. The average Bonchev–Trinajstić information content (AvgIpc) is 2.69. The Morgan fingerprint density at radius 1 is 1.00 bits per heavy atom. The predicted octanol–water partition coefficient (Wildman–Crippen LogP) is 3.58. The van der Waals surface area contributed by atoms with Crippen LogP contribution in [0.1, 0.15) is 12.8 Å². The Hall–Kier alpha value is -2.60. The molecule has 0 atom stereocenters. The second kappa shape index (κ2) is 5.99. The zero-order valence-corrected chi connectivity index (χ0v) is 15.0. The highest BCUT2D eigenvalue weighted by atomic mass is 32.2. The topological polar surface area (TPSA) is 59.8 Å². The van der Waals surface area contributed by atoms with Crippen molar-refractivity contribution in [2.75, 3.05) is 16.8 Å². The van der Waals surface area contributed by atoms with E-state index in [1.54, 1.807) is 0 Å². The predicted molar refractivity (Wildman–Crippen MR) is 105 cm³/mol. The van der Waals surface area contributed by atoms with E-state index in [-0.39, 0.29) is 11.2 Å². The number of hydrogen-bond donors (Lipinski definition) is 1. The van der Waals surface area contributed by atoms with Crippen LogP contribution in [0.4, 0.5) is 5.69 Å². The lowest BCUT2D eigenvalue weighted by Crippen LogP contribution is -2.49. The molecule has 0 unspecified atom stereocenters. The summed E-state index contributed by atoms with van der Waals surface area (Å²) in [5.74, 6) is 2.78. The third-order valence-corrected chi connectivity index (χ3v) is 6.10. The number of thioether (sulfide) groups is 1. The first-order chi connectivity index (χ1) is 12.8. The van der Waals surface area contributed by atoms with Crippen LogP contribution < -0.4 is 10.9 Å². The monoisotopic (exact) mass is 362 g/mol. The molecule has 1 spiro atoms. The molecule has 5 rings (SSSR count). The fourth-order valence-electron chi connectivity index (χ4n) is 3.77. The molecular weight excluding hydrogens is 344 g/mol. The molecule has 0 amide bonds. The molecule has 130 valence electrons.